The maximum Gasteiger partial charge on any atom is 0.243 e. The fourth-order valence-electron chi connectivity index (χ4n) is 8.36. The summed E-state index contributed by atoms with van der Waals surface area (Å²) in [5.74, 6) is -10.0. The van der Waals surface area contributed by atoms with Gasteiger partial charge in [0, 0.05) is 52.4 Å². The van der Waals surface area contributed by atoms with Gasteiger partial charge in [0.05, 0.1) is 6.54 Å². The Bertz CT molecular complexity index is 2620. The number of amides is 9. The molecule has 0 rings (SSSR count). The molecule has 0 aliphatic rings. The van der Waals surface area contributed by atoms with E-state index in [9.17, 15) is 43.2 Å². The van der Waals surface area contributed by atoms with Crippen LogP contribution in [0.15, 0.2) is 39.9 Å². The number of nitrogens with one attached hydrogen (secondary N) is 8. The van der Waals surface area contributed by atoms with Gasteiger partial charge in [0.15, 0.2) is 47.7 Å². The van der Waals surface area contributed by atoms with Gasteiger partial charge in [-0.05, 0) is 103 Å². The molecule has 43 heteroatoms. The Kier molecular flexibility index (Phi) is 41.9. The van der Waals surface area contributed by atoms with Gasteiger partial charge >= 0.3 is 0 Å². The molecule has 0 heterocycles. The molecule has 0 radical (unpaired) electrons. The third kappa shape index (κ3) is 41.3. The van der Waals surface area contributed by atoms with Crippen LogP contribution in [0.25, 0.3) is 0 Å². The third-order valence-electron chi connectivity index (χ3n) is 12.9. The number of nitrogens with two attached hydrogens (primary N) is 18. The summed E-state index contributed by atoms with van der Waals surface area (Å²) in [6.45, 7) is -0.485. The van der Waals surface area contributed by atoms with Gasteiger partial charge in [-0.3, -0.25) is 83.1 Å². The van der Waals surface area contributed by atoms with Crippen molar-refractivity contribution in [3.05, 3.63) is 0 Å². The fraction of sp³-hybridized carbons (Fsp3) is 0.660. The summed E-state index contributed by atoms with van der Waals surface area (Å²) in [5.41, 5.74) is 99.5. The van der Waals surface area contributed by atoms with Crippen molar-refractivity contribution in [1.29, 1.82) is 0 Å². The van der Waals surface area contributed by atoms with E-state index in [-0.39, 0.29) is 203 Å². The molecule has 0 fully saturated rings. The van der Waals surface area contributed by atoms with Gasteiger partial charge in [0.2, 0.25) is 53.2 Å². The second-order valence-electron chi connectivity index (χ2n) is 20.7. The number of primary amides is 1. The minimum atomic E-state index is -1.54. The molecule has 0 aromatic carbocycles. The number of carbonyl (C=O) groups is 9. The van der Waals surface area contributed by atoms with Crippen molar-refractivity contribution >= 4 is 101 Å². The smallest absolute Gasteiger partial charge is 0.243 e. The fourth-order valence-corrected chi connectivity index (χ4v) is 8.36. The summed E-state index contributed by atoms with van der Waals surface area (Å²) in [6, 6.07) is -11.4. The van der Waals surface area contributed by atoms with Crippen molar-refractivity contribution < 1.29 is 43.2 Å². The molecule has 8 atom stereocenters. The van der Waals surface area contributed by atoms with Crippen LogP contribution in [0.3, 0.4) is 0 Å². The number of carbonyl (C=O) groups excluding carboxylic acids is 9. The standard InChI is InChI=1S/C50H102N34O9/c51-25-34(85)77-27(10-2-18-70-44(55)56)36(87)79-29(12-4-20-72-46(59)60)38(89)81-31(14-6-22-74-48(63)64)40(91)83-33(16-8-24-76-50(67)68)42(93)84-32(15-7-23-75-49(65)66)41(92)82-30(13-5-21-73-47(61)62)39(90)80-28(11-3-19-71-45(57)58)37(88)78-26(35(52)86)9-1-17-69-43(53)54/h26-33H,1-25,51H2,(H2,52,86)(H,77,85)(H,78,88)(H,79,87)(H,80,90)(H,81,89)(H,82,92)(H,83,91)(H,84,93)(H4,53,54,69)(H4,55,56,70)(H4,57,58,71)(H4,59,60,72)(H4,61,62,73)(H4,63,64,74)(H4,65,66,75)(H4,67,68,76)/t26-,27-,28-,29-,30-,31-,32-,33-/m0/s1. The van der Waals surface area contributed by atoms with E-state index in [4.69, 9.17) is 103 Å². The molecule has 526 valence electrons. The van der Waals surface area contributed by atoms with Crippen molar-refractivity contribution in [2.75, 3.05) is 58.9 Å². The highest BCUT2D eigenvalue weighted by molar-refractivity contribution is 5.98. The SMILES string of the molecule is NCC(=O)N[C@@H](CCCN=C(N)N)C(=O)N[C@@H](CCCN=C(N)N)C(=O)N[C@@H](CCCN=C(N)N)C(=O)N[C@@H](CCCN=C(N)N)C(=O)N[C@@H](CCCN=C(N)N)C(=O)N[C@@H](CCCN=C(N)N)C(=O)N[C@@H](CCCN=C(N)N)C(=O)N[C@@H](CCCN=C(N)N)C(N)=O. The highest BCUT2D eigenvalue weighted by Crippen LogP contribution is 2.12. The first-order valence-electron chi connectivity index (χ1n) is 29.7. The van der Waals surface area contributed by atoms with E-state index < -0.39 is 108 Å². The van der Waals surface area contributed by atoms with Crippen LogP contribution in [0, 0.1) is 0 Å². The molecule has 0 saturated carbocycles. The Labute approximate surface area is 538 Å². The summed E-state index contributed by atoms with van der Waals surface area (Å²) in [7, 11) is 0. The van der Waals surface area contributed by atoms with Crippen molar-refractivity contribution in [3.8, 4) is 0 Å². The Balaban J connectivity index is 7.64. The zero-order valence-corrected chi connectivity index (χ0v) is 52.4. The molecule has 0 aliphatic carbocycles. The summed E-state index contributed by atoms with van der Waals surface area (Å²) in [5, 5.41) is 20.8. The molecular formula is C50H102N34O9. The maximum absolute atomic E-state index is 14.7. The molecular weight excluding hydrogens is 1220 g/mol. The number of guanidine groups is 8. The highest BCUT2D eigenvalue weighted by Gasteiger charge is 2.35. The van der Waals surface area contributed by atoms with Gasteiger partial charge < -0.3 is 146 Å². The topological polar surface area (TPSA) is 817 Å². The van der Waals surface area contributed by atoms with E-state index in [0.717, 1.165) is 0 Å². The molecule has 0 aromatic rings. The molecule has 0 aliphatic heterocycles. The van der Waals surface area contributed by atoms with Crippen LogP contribution in [-0.2, 0) is 43.2 Å². The number of hydrogen-bond acceptors (Lipinski definition) is 18. The van der Waals surface area contributed by atoms with Gasteiger partial charge in [0.1, 0.15) is 48.3 Å². The highest BCUT2D eigenvalue weighted by atomic mass is 16.2. The number of aliphatic imine (C=N–C) groups is 8. The summed E-state index contributed by atoms with van der Waals surface area (Å²) < 4.78 is 0. The monoisotopic (exact) mass is 1320 g/mol. The van der Waals surface area contributed by atoms with Crippen molar-refractivity contribution in [3.63, 3.8) is 0 Å². The van der Waals surface area contributed by atoms with Crippen LogP contribution in [0.1, 0.15) is 103 Å². The minimum Gasteiger partial charge on any atom is -0.370 e. The number of hydrogen-bond donors (Lipinski definition) is 26. The lowest BCUT2D eigenvalue weighted by atomic mass is 10.0. The molecule has 0 unspecified atom stereocenters. The van der Waals surface area contributed by atoms with Gasteiger partial charge in [-0.1, -0.05) is 0 Å². The maximum atomic E-state index is 14.7. The predicted molar refractivity (Wildman–Crippen MR) is 353 cm³/mol. The Morgan fingerprint density at radius 1 is 0.226 bits per heavy atom. The van der Waals surface area contributed by atoms with Crippen LogP contribution in [0.2, 0.25) is 0 Å². The third-order valence-corrected chi connectivity index (χ3v) is 12.9. The molecule has 9 amide bonds. The van der Waals surface area contributed by atoms with Crippen LogP contribution in [0.4, 0.5) is 0 Å². The van der Waals surface area contributed by atoms with Gasteiger partial charge in [-0.15, -0.1) is 0 Å². The molecule has 44 N–H and O–H groups in total. The van der Waals surface area contributed by atoms with E-state index in [0.29, 0.717) is 0 Å². The quantitative estimate of drug-likeness (QED) is 0.0153. The average molecular weight is 1320 g/mol. The van der Waals surface area contributed by atoms with Crippen LogP contribution in [-0.4, -0.2) is 208 Å². The van der Waals surface area contributed by atoms with Crippen LogP contribution < -0.4 is 146 Å². The Morgan fingerprint density at radius 3 is 0.505 bits per heavy atom. The van der Waals surface area contributed by atoms with Crippen LogP contribution >= 0.6 is 0 Å². The van der Waals surface area contributed by atoms with Crippen molar-refractivity contribution in [1.82, 2.24) is 42.5 Å². The van der Waals surface area contributed by atoms with E-state index in [1.165, 1.54) is 0 Å². The second kappa shape index (κ2) is 47.3. The zero-order valence-electron chi connectivity index (χ0n) is 52.4. The van der Waals surface area contributed by atoms with Crippen LogP contribution in [0.5, 0.6) is 0 Å². The molecule has 0 bridgehead atoms. The van der Waals surface area contributed by atoms with E-state index in [1.807, 2.05) is 0 Å². The second-order valence-corrected chi connectivity index (χ2v) is 20.7. The van der Waals surface area contributed by atoms with Gasteiger partial charge in [0.25, 0.3) is 0 Å². The lowest BCUT2D eigenvalue weighted by Gasteiger charge is -2.28. The van der Waals surface area contributed by atoms with E-state index >= 15 is 0 Å². The minimum absolute atomic E-state index is 0.000597. The lowest BCUT2D eigenvalue weighted by molar-refractivity contribution is -0.136. The Hall–Kier alpha value is -10.6. The van der Waals surface area contributed by atoms with Crippen molar-refractivity contribution in [2.45, 2.75) is 151 Å². The first-order valence-corrected chi connectivity index (χ1v) is 29.7. The molecule has 93 heavy (non-hydrogen) atoms. The van der Waals surface area contributed by atoms with E-state index in [2.05, 4.69) is 82.5 Å². The van der Waals surface area contributed by atoms with Gasteiger partial charge in [-0.2, -0.15) is 0 Å². The van der Waals surface area contributed by atoms with Gasteiger partial charge in [-0.25, -0.2) is 0 Å². The average Bonchev–Trinajstić information content (AvgIpc) is 3.65. The summed E-state index contributed by atoms with van der Waals surface area (Å²) >= 11 is 0. The number of nitrogens with zero attached hydrogens (tertiary/aromatic N) is 8. The number of rotatable bonds is 49. The summed E-state index contributed by atoms with van der Waals surface area (Å²) in [6.07, 6.45) is -0.178. The summed E-state index contributed by atoms with van der Waals surface area (Å²) in [4.78, 5) is 157. The first kappa shape index (κ1) is 82.3. The van der Waals surface area contributed by atoms with Crippen molar-refractivity contribution in [2.24, 2.45) is 143 Å². The first-order chi connectivity index (χ1) is 43.9. The molecule has 0 saturated heterocycles. The molecule has 0 spiro atoms. The molecule has 43 nitrogen and oxygen atoms in total. The molecule has 0 aromatic heterocycles. The zero-order chi connectivity index (χ0) is 70.4. The predicted octanol–water partition coefficient (Wildman–Crippen LogP) is -13.3. The largest absolute Gasteiger partial charge is 0.370 e. The lowest BCUT2D eigenvalue weighted by Crippen LogP contribution is -2.60. The normalized spacial score (nSPS) is 13.1. The van der Waals surface area contributed by atoms with E-state index in [1.54, 1.807) is 0 Å². The Morgan fingerprint density at radius 2 is 0.366 bits per heavy atom.